The molecule has 10 nitrogen and oxygen atoms in total. The van der Waals surface area contributed by atoms with Crippen molar-refractivity contribution in [3.63, 3.8) is 0 Å². The lowest BCUT2D eigenvalue weighted by atomic mass is 9.99. The Labute approximate surface area is 203 Å². The van der Waals surface area contributed by atoms with Crippen LogP contribution in [0, 0.1) is 0 Å². The van der Waals surface area contributed by atoms with E-state index in [-0.39, 0.29) is 13.0 Å². The minimum absolute atomic E-state index is 0.0573. The Morgan fingerprint density at radius 1 is 0.861 bits per heavy atom. The molecule has 192 valence electrons. The summed E-state index contributed by atoms with van der Waals surface area (Å²) in [6.45, 7) is -0.581. The van der Waals surface area contributed by atoms with E-state index in [0.29, 0.717) is 5.56 Å². The van der Waals surface area contributed by atoms with Crippen LogP contribution >= 0.6 is 0 Å². The molecule has 0 aliphatic heterocycles. The van der Waals surface area contributed by atoms with Gasteiger partial charge in [-0.2, -0.15) is 13.2 Å². The molecule has 0 bridgehead atoms. The Morgan fingerprint density at radius 3 is 2.06 bits per heavy atom. The molecule has 2 aromatic rings. The van der Waals surface area contributed by atoms with Crippen molar-refractivity contribution in [2.75, 3.05) is 13.1 Å². The molecule has 4 amide bonds. The zero-order valence-corrected chi connectivity index (χ0v) is 18.8. The van der Waals surface area contributed by atoms with E-state index in [4.69, 9.17) is 5.73 Å². The van der Waals surface area contributed by atoms with Crippen molar-refractivity contribution < 1.29 is 41.9 Å². The standard InChI is InChI=1S/C23H23F3N4O6/c24-23(25,26)21(34)36-20(33)12-17(30-19(32)13-29-18(31)10-11-28-22(27)35)16-8-6-15(7-9-16)14-4-2-1-3-5-14/h1-9,17H,10-13H2,(H,29,31)(H,30,32)(H3,27,28,35). The molecule has 5 N–H and O–H groups in total. The highest BCUT2D eigenvalue weighted by Gasteiger charge is 2.42. The Bertz CT molecular complexity index is 1090. The quantitative estimate of drug-likeness (QED) is 0.283. The van der Waals surface area contributed by atoms with Crippen LogP contribution in [0.4, 0.5) is 18.0 Å². The third-order valence-electron chi connectivity index (χ3n) is 4.66. The zero-order valence-electron chi connectivity index (χ0n) is 18.8. The van der Waals surface area contributed by atoms with Gasteiger partial charge in [0.15, 0.2) is 0 Å². The molecular formula is C23H23F3N4O6. The largest absolute Gasteiger partial charge is 0.491 e. The Kier molecular flexibility index (Phi) is 9.95. The summed E-state index contributed by atoms with van der Waals surface area (Å²) in [4.78, 5) is 57.7. The molecule has 1 atom stereocenters. The minimum atomic E-state index is -5.36. The maximum absolute atomic E-state index is 12.4. The van der Waals surface area contributed by atoms with E-state index in [9.17, 15) is 37.1 Å². The Hall–Kier alpha value is -4.42. The highest BCUT2D eigenvalue weighted by molar-refractivity contribution is 5.89. The molecule has 0 saturated carbocycles. The first kappa shape index (κ1) is 27.8. The lowest BCUT2D eigenvalue weighted by Gasteiger charge is -2.19. The topological polar surface area (TPSA) is 157 Å². The fourth-order valence-corrected chi connectivity index (χ4v) is 2.97. The van der Waals surface area contributed by atoms with Gasteiger partial charge in [0.25, 0.3) is 0 Å². The van der Waals surface area contributed by atoms with Gasteiger partial charge in [0.2, 0.25) is 11.8 Å². The van der Waals surface area contributed by atoms with E-state index >= 15 is 0 Å². The van der Waals surface area contributed by atoms with E-state index in [2.05, 4.69) is 20.7 Å². The second kappa shape index (κ2) is 12.9. The number of nitrogens with one attached hydrogen (secondary N) is 3. The van der Waals surface area contributed by atoms with Crippen LogP contribution in [0.25, 0.3) is 11.1 Å². The third kappa shape index (κ3) is 9.44. The number of urea groups is 1. The molecule has 0 radical (unpaired) electrons. The lowest BCUT2D eigenvalue weighted by molar-refractivity contribution is -0.202. The second-order valence-corrected chi connectivity index (χ2v) is 7.39. The first-order valence-electron chi connectivity index (χ1n) is 10.5. The average molecular weight is 508 g/mol. The van der Waals surface area contributed by atoms with Crippen LogP contribution in [-0.2, 0) is 23.9 Å². The SMILES string of the molecule is NC(=O)NCCC(=O)NCC(=O)NC(CC(=O)OC(=O)C(F)(F)F)c1ccc(-c2ccccc2)cc1. The maximum atomic E-state index is 12.4. The van der Waals surface area contributed by atoms with Crippen LogP contribution < -0.4 is 21.7 Å². The number of esters is 2. The zero-order chi connectivity index (χ0) is 26.7. The van der Waals surface area contributed by atoms with Gasteiger partial charge in [0.05, 0.1) is 19.0 Å². The normalized spacial score (nSPS) is 11.6. The molecule has 36 heavy (non-hydrogen) atoms. The van der Waals surface area contributed by atoms with E-state index in [0.717, 1.165) is 11.1 Å². The fraction of sp³-hybridized carbons (Fsp3) is 0.261. The molecule has 0 spiro atoms. The van der Waals surface area contributed by atoms with Gasteiger partial charge >= 0.3 is 24.1 Å². The van der Waals surface area contributed by atoms with Crippen LogP contribution in [0.5, 0.6) is 0 Å². The first-order chi connectivity index (χ1) is 17.0. The highest BCUT2D eigenvalue weighted by atomic mass is 19.4. The number of carbonyl (C=O) groups excluding carboxylic acids is 5. The molecule has 0 aliphatic rings. The van der Waals surface area contributed by atoms with Crippen molar-refractivity contribution in [1.82, 2.24) is 16.0 Å². The van der Waals surface area contributed by atoms with Gasteiger partial charge in [0.1, 0.15) is 0 Å². The number of amides is 4. The van der Waals surface area contributed by atoms with Crippen molar-refractivity contribution in [2.45, 2.75) is 25.1 Å². The maximum Gasteiger partial charge on any atom is 0.491 e. The number of hydrogen-bond acceptors (Lipinski definition) is 6. The summed E-state index contributed by atoms with van der Waals surface area (Å²) in [6, 6.07) is 13.7. The van der Waals surface area contributed by atoms with E-state index in [1.165, 1.54) is 0 Å². The fourth-order valence-electron chi connectivity index (χ4n) is 2.97. The monoisotopic (exact) mass is 508 g/mol. The number of benzene rings is 2. The number of carbonyl (C=O) groups is 5. The summed E-state index contributed by atoms with van der Waals surface area (Å²) in [5.41, 5.74) is 6.91. The van der Waals surface area contributed by atoms with Gasteiger partial charge in [-0.3, -0.25) is 14.4 Å². The number of hydrogen-bond donors (Lipinski definition) is 4. The summed E-state index contributed by atoms with van der Waals surface area (Å²) in [5.74, 6) is -5.53. The number of alkyl halides is 3. The third-order valence-corrected chi connectivity index (χ3v) is 4.66. The molecule has 2 aromatic carbocycles. The van der Waals surface area contributed by atoms with Crippen molar-refractivity contribution in [1.29, 1.82) is 0 Å². The number of rotatable bonds is 10. The van der Waals surface area contributed by atoms with E-state index in [1.54, 1.807) is 24.3 Å². The molecule has 0 saturated heterocycles. The van der Waals surface area contributed by atoms with Gasteiger partial charge in [-0.25, -0.2) is 9.59 Å². The molecule has 0 aromatic heterocycles. The van der Waals surface area contributed by atoms with Gasteiger partial charge < -0.3 is 26.4 Å². The molecule has 1 unspecified atom stereocenters. The molecule has 0 heterocycles. The van der Waals surface area contributed by atoms with Crippen molar-refractivity contribution in [2.24, 2.45) is 5.73 Å². The first-order valence-corrected chi connectivity index (χ1v) is 10.5. The summed E-state index contributed by atoms with van der Waals surface area (Å²) in [5, 5.41) is 6.92. The van der Waals surface area contributed by atoms with Crippen molar-refractivity contribution >= 4 is 29.8 Å². The van der Waals surface area contributed by atoms with Crippen molar-refractivity contribution in [3.8, 4) is 11.1 Å². The van der Waals surface area contributed by atoms with Crippen LogP contribution in [0.1, 0.15) is 24.4 Å². The van der Waals surface area contributed by atoms with E-state index in [1.807, 2.05) is 30.3 Å². The van der Waals surface area contributed by atoms with Gasteiger partial charge in [-0.05, 0) is 16.7 Å². The van der Waals surface area contributed by atoms with Crippen LogP contribution in [0.3, 0.4) is 0 Å². The molecule has 0 fully saturated rings. The minimum Gasteiger partial charge on any atom is -0.386 e. The molecule has 13 heteroatoms. The average Bonchev–Trinajstić information content (AvgIpc) is 2.82. The number of halogens is 3. The number of primary amides is 1. The predicted octanol–water partition coefficient (Wildman–Crippen LogP) is 1.71. The number of ether oxygens (including phenoxy) is 1. The van der Waals surface area contributed by atoms with Gasteiger partial charge in [0, 0.05) is 13.0 Å². The van der Waals surface area contributed by atoms with Crippen molar-refractivity contribution in [3.05, 3.63) is 60.2 Å². The number of nitrogens with two attached hydrogens (primary N) is 1. The van der Waals surface area contributed by atoms with E-state index < -0.39 is 55.0 Å². The smallest absolute Gasteiger partial charge is 0.386 e. The summed E-state index contributed by atoms with van der Waals surface area (Å²) < 4.78 is 41.1. The second-order valence-electron chi connectivity index (χ2n) is 7.39. The van der Waals surface area contributed by atoms with Crippen LogP contribution in [0.2, 0.25) is 0 Å². The Balaban J connectivity index is 2.08. The summed E-state index contributed by atoms with van der Waals surface area (Å²) in [6.07, 6.45) is -6.30. The Morgan fingerprint density at radius 2 is 1.47 bits per heavy atom. The highest BCUT2D eigenvalue weighted by Crippen LogP contribution is 2.24. The summed E-state index contributed by atoms with van der Waals surface area (Å²) >= 11 is 0. The molecule has 2 rings (SSSR count). The lowest BCUT2D eigenvalue weighted by Crippen LogP contribution is -2.40. The van der Waals surface area contributed by atoms with Crippen LogP contribution in [0.15, 0.2) is 54.6 Å². The molecule has 0 aliphatic carbocycles. The summed E-state index contributed by atoms with van der Waals surface area (Å²) in [7, 11) is 0. The molecular weight excluding hydrogens is 485 g/mol. The van der Waals surface area contributed by atoms with Gasteiger partial charge in [-0.1, -0.05) is 54.6 Å². The van der Waals surface area contributed by atoms with Crippen LogP contribution in [-0.4, -0.2) is 49.0 Å². The van der Waals surface area contributed by atoms with Gasteiger partial charge in [-0.15, -0.1) is 0 Å². The predicted molar refractivity (Wildman–Crippen MR) is 120 cm³/mol.